The highest BCUT2D eigenvalue weighted by Gasteiger charge is 2.56. The van der Waals surface area contributed by atoms with Crippen molar-refractivity contribution in [3.63, 3.8) is 0 Å². The number of nitrogens with zero attached hydrogens (tertiary/aromatic N) is 4. The minimum absolute atomic E-state index is 0.0858. The van der Waals surface area contributed by atoms with Crippen molar-refractivity contribution in [3.05, 3.63) is 47.3 Å². The summed E-state index contributed by atoms with van der Waals surface area (Å²) in [5, 5.41) is 8.14. The van der Waals surface area contributed by atoms with Gasteiger partial charge in [0.2, 0.25) is 12.0 Å². The maximum atomic E-state index is 13.0. The predicted octanol–water partition coefficient (Wildman–Crippen LogP) is 1.22. The quantitative estimate of drug-likeness (QED) is 0.612. The lowest BCUT2D eigenvalue weighted by Gasteiger charge is -2.15. The fourth-order valence-corrected chi connectivity index (χ4v) is 3.25. The first-order valence-electron chi connectivity index (χ1n) is 8.11. The second-order valence-corrected chi connectivity index (χ2v) is 6.36. The smallest absolute Gasteiger partial charge is 0.278 e. The van der Waals surface area contributed by atoms with Gasteiger partial charge in [-0.3, -0.25) is 19.1 Å². The average molecular weight is 352 g/mol. The second kappa shape index (κ2) is 5.62. The minimum Gasteiger partial charge on any atom is -0.381 e. The maximum Gasteiger partial charge on any atom is 0.278 e. The highest BCUT2D eigenvalue weighted by atomic mass is 16.6. The summed E-state index contributed by atoms with van der Waals surface area (Å²) < 4.78 is 1.67. The van der Waals surface area contributed by atoms with Crippen LogP contribution in [-0.2, 0) is 21.5 Å². The number of carbonyl (C=O) groups excluding carboxylic acids is 3. The van der Waals surface area contributed by atoms with Gasteiger partial charge in [-0.15, -0.1) is 0 Å². The zero-order valence-electron chi connectivity index (χ0n) is 14.5. The molecule has 0 spiro atoms. The lowest BCUT2D eigenvalue weighted by molar-refractivity contribution is -0.126. The monoisotopic (exact) mass is 352 g/mol. The Morgan fingerprint density at radius 2 is 1.85 bits per heavy atom. The van der Waals surface area contributed by atoms with Crippen LogP contribution in [-0.4, -0.2) is 39.2 Å². The molecule has 0 saturated carbocycles. The Kier molecular flexibility index (Phi) is 3.50. The normalized spacial score (nSPS) is 21.7. The molecule has 0 radical (unpaired) electrons. The summed E-state index contributed by atoms with van der Waals surface area (Å²) >= 11 is 0. The summed E-state index contributed by atoms with van der Waals surface area (Å²) in [6.07, 6.45) is 0.645. The standard InChI is InChI=1S/C18H16N4O4/c1-9-13(8-19-21(9)3)15-14-16(26-20-15)18(25)22(17(14)24)12-6-4-11(5-7-12)10(2)23/h4-8,14,16H,1-3H3/t14-,16+/m0/s1. The number of aromatic nitrogens is 2. The molecule has 26 heavy (non-hydrogen) atoms. The van der Waals surface area contributed by atoms with Crippen molar-refractivity contribution in [2.24, 2.45) is 18.1 Å². The Hall–Kier alpha value is -3.29. The van der Waals surface area contributed by atoms with Gasteiger partial charge in [-0.1, -0.05) is 5.16 Å². The van der Waals surface area contributed by atoms with Crippen molar-refractivity contribution in [2.75, 3.05) is 4.90 Å². The molecule has 0 unspecified atom stereocenters. The van der Waals surface area contributed by atoms with Crippen molar-refractivity contribution in [1.29, 1.82) is 0 Å². The van der Waals surface area contributed by atoms with Crippen LogP contribution in [0.5, 0.6) is 0 Å². The van der Waals surface area contributed by atoms with Gasteiger partial charge in [-0.25, -0.2) is 4.90 Å². The van der Waals surface area contributed by atoms with Crippen molar-refractivity contribution < 1.29 is 19.2 Å². The van der Waals surface area contributed by atoms with Crippen LogP contribution in [0.3, 0.4) is 0 Å². The molecule has 0 N–H and O–H groups in total. The Morgan fingerprint density at radius 3 is 2.42 bits per heavy atom. The van der Waals surface area contributed by atoms with E-state index in [0.29, 0.717) is 22.5 Å². The number of benzene rings is 1. The van der Waals surface area contributed by atoms with Crippen LogP contribution in [0.4, 0.5) is 5.69 Å². The van der Waals surface area contributed by atoms with E-state index >= 15 is 0 Å². The topological polar surface area (TPSA) is 93.9 Å². The van der Waals surface area contributed by atoms with Gasteiger partial charge in [-0.05, 0) is 38.1 Å². The number of oxime groups is 1. The Morgan fingerprint density at radius 1 is 1.15 bits per heavy atom. The first-order chi connectivity index (χ1) is 12.4. The van der Waals surface area contributed by atoms with E-state index in [1.54, 1.807) is 42.2 Å². The van der Waals surface area contributed by atoms with Crippen LogP contribution in [0.1, 0.15) is 28.5 Å². The molecular formula is C18H16N4O4. The van der Waals surface area contributed by atoms with E-state index < -0.39 is 23.8 Å². The zero-order chi connectivity index (χ0) is 18.6. The molecule has 1 fully saturated rings. The third kappa shape index (κ3) is 2.18. The second-order valence-electron chi connectivity index (χ2n) is 6.36. The number of imide groups is 1. The van der Waals surface area contributed by atoms with E-state index in [2.05, 4.69) is 10.3 Å². The van der Waals surface area contributed by atoms with Crippen molar-refractivity contribution in [1.82, 2.24) is 9.78 Å². The summed E-state index contributed by atoms with van der Waals surface area (Å²) in [4.78, 5) is 43.5. The number of anilines is 1. The lowest BCUT2D eigenvalue weighted by atomic mass is 9.94. The van der Waals surface area contributed by atoms with Gasteiger partial charge in [0.25, 0.3) is 5.91 Å². The largest absolute Gasteiger partial charge is 0.381 e. The molecule has 2 aliphatic heterocycles. The van der Waals surface area contributed by atoms with E-state index in [-0.39, 0.29) is 5.78 Å². The van der Waals surface area contributed by atoms with Crippen LogP contribution in [0, 0.1) is 12.8 Å². The molecule has 2 aromatic rings. The number of ketones is 1. The summed E-state index contributed by atoms with van der Waals surface area (Å²) in [6.45, 7) is 3.32. The Balaban J connectivity index is 1.69. The van der Waals surface area contributed by atoms with E-state index in [1.807, 2.05) is 6.92 Å². The molecule has 2 atom stereocenters. The van der Waals surface area contributed by atoms with Crippen LogP contribution >= 0.6 is 0 Å². The molecule has 2 amide bonds. The Labute approximate surface area is 149 Å². The fourth-order valence-electron chi connectivity index (χ4n) is 3.25. The molecule has 8 nitrogen and oxygen atoms in total. The Bertz CT molecular complexity index is 974. The number of carbonyl (C=O) groups is 3. The van der Waals surface area contributed by atoms with E-state index in [0.717, 1.165) is 10.6 Å². The summed E-state index contributed by atoms with van der Waals surface area (Å²) in [5.41, 5.74) is 2.86. The zero-order valence-corrected chi connectivity index (χ0v) is 14.5. The number of amides is 2. The molecule has 0 bridgehead atoms. The van der Waals surface area contributed by atoms with Gasteiger partial charge < -0.3 is 4.84 Å². The van der Waals surface area contributed by atoms with E-state index in [9.17, 15) is 14.4 Å². The third-order valence-corrected chi connectivity index (χ3v) is 4.86. The average Bonchev–Trinajstić information content (AvgIpc) is 3.25. The van der Waals surface area contributed by atoms with Crippen molar-refractivity contribution in [3.8, 4) is 0 Å². The molecule has 0 aliphatic carbocycles. The van der Waals surface area contributed by atoms with Crippen molar-refractivity contribution >= 4 is 29.0 Å². The van der Waals surface area contributed by atoms with Crippen LogP contribution in [0.2, 0.25) is 0 Å². The molecule has 132 valence electrons. The molecular weight excluding hydrogens is 336 g/mol. The van der Waals surface area contributed by atoms with Gasteiger partial charge >= 0.3 is 0 Å². The molecule has 1 saturated heterocycles. The van der Waals surface area contributed by atoms with Gasteiger partial charge in [0.15, 0.2) is 5.78 Å². The van der Waals surface area contributed by atoms with Crippen LogP contribution in [0.15, 0.2) is 35.6 Å². The van der Waals surface area contributed by atoms with E-state index in [4.69, 9.17) is 4.84 Å². The number of fused-ring (bicyclic) bond motifs is 1. The lowest BCUT2D eigenvalue weighted by Crippen LogP contribution is -2.33. The summed E-state index contributed by atoms with van der Waals surface area (Å²) in [7, 11) is 1.79. The number of hydrogen-bond donors (Lipinski definition) is 0. The molecule has 4 rings (SSSR count). The van der Waals surface area contributed by atoms with Gasteiger partial charge in [-0.2, -0.15) is 5.10 Å². The first kappa shape index (κ1) is 16.2. The van der Waals surface area contributed by atoms with Gasteiger partial charge in [0.05, 0.1) is 11.9 Å². The fraction of sp³-hybridized carbons (Fsp3) is 0.278. The molecule has 3 heterocycles. The predicted molar refractivity (Wildman–Crippen MR) is 91.8 cm³/mol. The molecule has 8 heteroatoms. The molecule has 2 aliphatic rings. The summed E-state index contributed by atoms with van der Waals surface area (Å²) in [6, 6.07) is 6.35. The number of hydrogen-bond acceptors (Lipinski definition) is 6. The summed E-state index contributed by atoms with van der Waals surface area (Å²) in [5.74, 6) is -1.74. The highest BCUT2D eigenvalue weighted by molar-refractivity contribution is 6.32. The first-order valence-corrected chi connectivity index (χ1v) is 8.11. The number of aryl methyl sites for hydroxylation is 1. The maximum absolute atomic E-state index is 13.0. The van der Waals surface area contributed by atoms with Crippen molar-refractivity contribution in [2.45, 2.75) is 20.0 Å². The minimum atomic E-state index is -0.968. The van der Waals surface area contributed by atoms with Crippen LogP contribution in [0.25, 0.3) is 0 Å². The van der Waals surface area contributed by atoms with Gasteiger partial charge in [0.1, 0.15) is 11.6 Å². The SMILES string of the molecule is CC(=O)c1ccc(N2C(=O)[C@H]3C(c4cnn(C)c4C)=NO[C@H]3C2=O)cc1. The highest BCUT2D eigenvalue weighted by Crippen LogP contribution is 2.35. The van der Waals surface area contributed by atoms with Crippen LogP contribution < -0.4 is 4.90 Å². The van der Waals surface area contributed by atoms with E-state index in [1.165, 1.54) is 6.92 Å². The molecule has 1 aromatic carbocycles. The number of rotatable bonds is 3. The number of Topliss-reactive ketones (excluding diaryl/α,β-unsaturated/α-hetero) is 1. The molecule has 1 aromatic heterocycles. The van der Waals surface area contributed by atoms with Gasteiger partial charge in [0, 0.05) is 23.9 Å². The third-order valence-electron chi connectivity index (χ3n) is 4.86.